The van der Waals surface area contributed by atoms with Gasteiger partial charge in [-0.1, -0.05) is 50.3 Å². The number of nitrogens with two attached hydrogens (primary N) is 1. The van der Waals surface area contributed by atoms with Crippen molar-refractivity contribution >= 4 is 34.2 Å². The summed E-state index contributed by atoms with van der Waals surface area (Å²) in [5, 5.41) is 8.04. The number of anilines is 1. The van der Waals surface area contributed by atoms with E-state index in [1.807, 2.05) is 0 Å². The largest absolute Gasteiger partial charge is 0.461 e. The van der Waals surface area contributed by atoms with Crippen LogP contribution in [0, 0.1) is 17.8 Å². The first-order chi connectivity index (χ1) is 9.95. The Morgan fingerprint density at radius 3 is 2.86 bits per heavy atom. The van der Waals surface area contributed by atoms with Crippen LogP contribution in [0.25, 0.3) is 0 Å². The maximum atomic E-state index is 12.0. The van der Waals surface area contributed by atoms with Crippen molar-refractivity contribution < 1.29 is 9.53 Å². The molecule has 21 heavy (non-hydrogen) atoms. The molecule has 118 valence electrons. The van der Waals surface area contributed by atoms with Gasteiger partial charge >= 0.3 is 5.97 Å². The fourth-order valence-corrected chi connectivity index (χ4v) is 4.27. The highest BCUT2D eigenvalue weighted by molar-refractivity contribution is 8.01. The first-order valence-electron chi connectivity index (χ1n) is 7.37. The molecule has 2 N–H and O–H groups in total. The molecule has 0 saturated heterocycles. The highest BCUT2D eigenvalue weighted by Crippen LogP contribution is 2.35. The van der Waals surface area contributed by atoms with Crippen LogP contribution in [0.4, 0.5) is 5.13 Å². The third-order valence-electron chi connectivity index (χ3n) is 3.98. The second-order valence-corrected chi connectivity index (χ2v) is 8.28. The van der Waals surface area contributed by atoms with Crippen molar-refractivity contribution in [3.8, 4) is 0 Å². The lowest BCUT2D eigenvalue weighted by Crippen LogP contribution is -2.36. The molecule has 0 unspecified atom stereocenters. The van der Waals surface area contributed by atoms with E-state index in [-0.39, 0.29) is 17.8 Å². The van der Waals surface area contributed by atoms with E-state index in [4.69, 9.17) is 10.5 Å². The first-order valence-corrected chi connectivity index (χ1v) is 9.17. The van der Waals surface area contributed by atoms with Crippen LogP contribution >= 0.6 is 23.1 Å². The summed E-state index contributed by atoms with van der Waals surface area (Å²) >= 11 is 2.63. The molecule has 0 amide bonds. The van der Waals surface area contributed by atoms with Crippen molar-refractivity contribution in [1.82, 2.24) is 10.2 Å². The molecule has 0 bridgehead atoms. The molecule has 7 heteroatoms. The highest BCUT2D eigenvalue weighted by atomic mass is 32.2. The number of rotatable bonds is 5. The second kappa shape index (κ2) is 7.45. The quantitative estimate of drug-likeness (QED) is 0.660. The summed E-state index contributed by atoms with van der Waals surface area (Å²) in [6, 6.07) is 0. The number of esters is 1. The van der Waals surface area contributed by atoms with Crippen LogP contribution in [0.5, 0.6) is 0 Å². The van der Waals surface area contributed by atoms with E-state index in [1.54, 1.807) is 0 Å². The summed E-state index contributed by atoms with van der Waals surface area (Å²) in [6.45, 7) is 6.65. The standard InChI is InChI=1S/C14H23N3O2S2/c1-8(2)10-5-4-9(3)6-11(10)19-12(18)7-20-14-17-16-13(15)21-14/h8-11H,4-7H2,1-3H3,(H2,15,16)/t9-,10+,11+/m1/s1. The van der Waals surface area contributed by atoms with Gasteiger partial charge in [-0.05, 0) is 30.6 Å². The molecule has 0 aliphatic heterocycles. The van der Waals surface area contributed by atoms with Crippen LogP contribution < -0.4 is 5.73 Å². The van der Waals surface area contributed by atoms with Gasteiger partial charge in [-0.15, -0.1) is 10.2 Å². The number of hydrogen-bond acceptors (Lipinski definition) is 7. The molecule has 1 aromatic rings. The number of carbonyl (C=O) groups is 1. The predicted molar refractivity (Wildman–Crippen MR) is 86.3 cm³/mol. The molecule has 2 rings (SSSR count). The Morgan fingerprint density at radius 2 is 2.24 bits per heavy atom. The molecule has 1 aromatic heterocycles. The van der Waals surface area contributed by atoms with Crippen LogP contribution in [-0.2, 0) is 9.53 Å². The molecule has 0 radical (unpaired) electrons. The third-order valence-corrected chi connectivity index (χ3v) is 5.84. The van der Waals surface area contributed by atoms with Crippen LogP contribution in [-0.4, -0.2) is 28.0 Å². The number of nitrogen functional groups attached to an aromatic ring is 1. The number of thioether (sulfide) groups is 1. The minimum Gasteiger partial charge on any atom is -0.461 e. The first kappa shape index (κ1) is 16.5. The van der Waals surface area contributed by atoms with Crippen molar-refractivity contribution in [2.24, 2.45) is 17.8 Å². The fraction of sp³-hybridized carbons (Fsp3) is 0.786. The van der Waals surface area contributed by atoms with Gasteiger partial charge in [0.1, 0.15) is 6.10 Å². The summed E-state index contributed by atoms with van der Waals surface area (Å²) < 4.78 is 6.44. The maximum Gasteiger partial charge on any atom is 0.316 e. The van der Waals surface area contributed by atoms with E-state index >= 15 is 0 Å². The summed E-state index contributed by atoms with van der Waals surface area (Å²) in [6.07, 6.45) is 3.42. The average Bonchev–Trinajstić information content (AvgIpc) is 2.82. The van der Waals surface area contributed by atoms with E-state index < -0.39 is 0 Å². The van der Waals surface area contributed by atoms with Gasteiger partial charge in [-0.25, -0.2) is 0 Å². The van der Waals surface area contributed by atoms with Crippen LogP contribution in [0.15, 0.2) is 4.34 Å². The molecule has 1 aliphatic carbocycles. The van der Waals surface area contributed by atoms with Gasteiger partial charge in [0.05, 0.1) is 5.75 Å². The Hall–Kier alpha value is -0.820. The zero-order valence-corrected chi connectivity index (χ0v) is 14.4. The Labute approximate surface area is 134 Å². The van der Waals surface area contributed by atoms with Gasteiger partial charge in [0, 0.05) is 0 Å². The van der Waals surface area contributed by atoms with Gasteiger partial charge in [0.2, 0.25) is 5.13 Å². The van der Waals surface area contributed by atoms with Crippen LogP contribution in [0.2, 0.25) is 0 Å². The number of hydrogen-bond donors (Lipinski definition) is 1. The summed E-state index contributed by atoms with van der Waals surface area (Å²) in [5.74, 6) is 1.76. The molecule has 1 aliphatic rings. The Kier molecular flexibility index (Phi) is 5.87. The van der Waals surface area contributed by atoms with Crippen molar-refractivity contribution in [2.45, 2.75) is 50.5 Å². The lowest BCUT2D eigenvalue weighted by atomic mass is 9.75. The molecule has 1 heterocycles. The van der Waals surface area contributed by atoms with E-state index in [0.29, 0.717) is 27.2 Å². The van der Waals surface area contributed by atoms with Crippen molar-refractivity contribution in [3.05, 3.63) is 0 Å². The maximum absolute atomic E-state index is 12.0. The van der Waals surface area contributed by atoms with Crippen molar-refractivity contribution in [1.29, 1.82) is 0 Å². The molecule has 0 aromatic carbocycles. The minimum absolute atomic E-state index is 0.0568. The predicted octanol–water partition coefficient (Wildman–Crippen LogP) is 3.22. The number of carbonyl (C=O) groups excluding carboxylic acids is 1. The van der Waals surface area contributed by atoms with E-state index in [9.17, 15) is 4.79 Å². The van der Waals surface area contributed by atoms with Gasteiger partial charge in [-0.2, -0.15) is 0 Å². The van der Waals surface area contributed by atoms with Gasteiger partial charge in [0.15, 0.2) is 4.34 Å². The van der Waals surface area contributed by atoms with Gasteiger partial charge < -0.3 is 10.5 Å². The Balaban J connectivity index is 1.84. The summed E-state index contributed by atoms with van der Waals surface area (Å²) in [5.41, 5.74) is 5.52. The molecule has 3 atom stereocenters. The molecule has 1 saturated carbocycles. The Morgan fingerprint density at radius 1 is 1.48 bits per heavy atom. The molecule has 1 fully saturated rings. The van der Waals surface area contributed by atoms with Gasteiger partial charge in [0.25, 0.3) is 0 Å². The van der Waals surface area contributed by atoms with E-state index in [1.165, 1.54) is 29.5 Å². The zero-order chi connectivity index (χ0) is 15.4. The molecule has 0 spiro atoms. The topological polar surface area (TPSA) is 78.1 Å². The van der Waals surface area contributed by atoms with E-state index in [0.717, 1.165) is 12.8 Å². The van der Waals surface area contributed by atoms with E-state index in [2.05, 4.69) is 31.0 Å². The summed E-state index contributed by atoms with van der Waals surface area (Å²) in [7, 11) is 0. The van der Waals surface area contributed by atoms with Crippen LogP contribution in [0.1, 0.15) is 40.0 Å². The van der Waals surface area contributed by atoms with Gasteiger partial charge in [-0.3, -0.25) is 4.79 Å². The molecular formula is C14H23N3O2S2. The Bertz CT molecular complexity index is 479. The zero-order valence-electron chi connectivity index (χ0n) is 12.7. The van der Waals surface area contributed by atoms with Crippen molar-refractivity contribution in [2.75, 3.05) is 11.5 Å². The minimum atomic E-state index is -0.168. The number of ether oxygens (including phenoxy) is 1. The fourth-order valence-electron chi connectivity index (χ4n) is 2.85. The third kappa shape index (κ3) is 4.85. The highest BCUT2D eigenvalue weighted by Gasteiger charge is 2.33. The number of aromatic nitrogens is 2. The lowest BCUT2D eigenvalue weighted by Gasteiger charge is -2.36. The SMILES string of the molecule is CC(C)[C@@H]1CC[C@@H](C)C[C@@H]1OC(=O)CSc1nnc(N)s1. The number of nitrogens with zero attached hydrogens (tertiary/aromatic N) is 2. The summed E-state index contributed by atoms with van der Waals surface area (Å²) in [4.78, 5) is 12.0. The second-order valence-electron chi connectivity index (χ2n) is 6.05. The molecular weight excluding hydrogens is 306 g/mol. The smallest absolute Gasteiger partial charge is 0.316 e. The average molecular weight is 329 g/mol. The van der Waals surface area contributed by atoms with Crippen molar-refractivity contribution in [3.63, 3.8) is 0 Å². The monoisotopic (exact) mass is 329 g/mol. The lowest BCUT2D eigenvalue weighted by molar-refractivity contribution is -0.152. The molecule has 5 nitrogen and oxygen atoms in total. The normalized spacial score (nSPS) is 26.0. The van der Waals surface area contributed by atoms with Crippen LogP contribution in [0.3, 0.4) is 0 Å².